The molecule has 0 unspecified atom stereocenters. The first-order valence-corrected chi connectivity index (χ1v) is 9.18. The lowest BCUT2D eigenvalue weighted by molar-refractivity contribution is -0.385. The van der Waals surface area contributed by atoms with Gasteiger partial charge in [0.05, 0.1) is 34.9 Å². The summed E-state index contributed by atoms with van der Waals surface area (Å²) in [6.07, 6.45) is 0.855. The van der Waals surface area contributed by atoms with Gasteiger partial charge in [0.1, 0.15) is 0 Å². The van der Waals surface area contributed by atoms with E-state index in [1.807, 2.05) is 0 Å². The van der Waals surface area contributed by atoms with Gasteiger partial charge in [-0.05, 0) is 37.5 Å². The second kappa shape index (κ2) is 9.41. The van der Waals surface area contributed by atoms with Gasteiger partial charge in [-0.2, -0.15) is 0 Å². The highest BCUT2D eigenvalue weighted by molar-refractivity contribution is 6.32. The Morgan fingerprint density at radius 3 is 2.64 bits per heavy atom. The van der Waals surface area contributed by atoms with Crippen molar-refractivity contribution < 1.29 is 19.2 Å². The number of nitrogens with zero attached hydrogens (tertiary/aromatic N) is 1. The fourth-order valence-electron chi connectivity index (χ4n) is 2.54. The van der Waals surface area contributed by atoms with Gasteiger partial charge < -0.3 is 14.8 Å². The quantitative estimate of drug-likeness (QED) is 0.478. The Labute approximate surface area is 168 Å². The fourth-order valence-corrected chi connectivity index (χ4v) is 2.80. The fraction of sp³-hybridized carbons (Fsp3) is 0.350. The number of ether oxygens (including phenoxy) is 2. The van der Waals surface area contributed by atoms with E-state index < -0.39 is 10.8 Å². The van der Waals surface area contributed by atoms with Crippen molar-refractivity contribution in [3.8, 4) is 11.5 Å². The van der Waals surface area contributed by atoms with Crippen molar-refractivity contribution in [1.29, 1.82) is 0 Å². The van der Waals surface area contributed by atoms with Gasteiger partial charge in [-0.1, -0.05) is 31.5 Å². The number of rotatable bonds is 8. The van der Waals surface area contributed by atoms with Crippen LogP contribution in [0.5, 0.6) is 11.5 Å². The van der Waals surface area contributed by atoms with Crippen molar-refractivity contribution in [3.05, 3.63) is 56.6 Å². The average molecular weight is 407 g/mol. The molecule has 8 heteroatoms. The maximum atomic E-state index is 12.6. The molecule has 2 aromatic rings. The molecule has 2 aromatic carbocycles. The lowest BCUT2D eigenvalue weighted by Crippen LogP contribution is -2.14. The minimum absolute atomic E-state index is 0.0673. The van der Waals surface area contributed by atoms with Crippen molar-refractivity contribution in [1.82, 2.24) is 0 Å². The van der Waals surface area contributed by atoms with Gasteiger partial charge in [0.25, 0.3) is 11.6 Å². The van der Waals surface area contributed by atoms with Gasteiger partial charge in [-0.25, -0.2) is 0 Å². The first-order chi connectivity index (χ1) is 13.2. The van der Waals surface area contributed by atoms with Crippen LogP contribution < -0.4 is 14.8 Å². The molecule has 0 aliphatic heterocycles. The zero-order valence-corrected chi connectivity index (χ0v) is 17.0. The number of nitro benzene ring substituents is 1. The topological polar surface area (TPSA) is 90.7 Å². The molecular formula is C20H23ClN2O5. The predicted molar refractivity (Wildman–Crippen MR) is 109 cm³/mol. The third-order valence-electron chi connectivity index (χ3n) is 4.18. The van der Waals surface area contributed by atoms with E-state index in [1.165, 1.54) is 31.4 Å². The molecule has 0 saturated carbocycles. The van der Waals surface area contributed by atoms with Gasteiger partial charge in [0.2, 0.25) is 0 Å². The van der Waals surface area contributed by atoms with Crippen LogP contribution in [0.15, 0.2) is 30.3 Å². The lowest BCUT2D eigenvalue weighted by Gasteiger charge is -2.15. The molecule has 28 heavy (non-hydrogen) atoms. The van der Waals surface area contributed by atoms with Crippen molar-refractivity contribution in [2.24, 2.45) is 5.92 Å². The second-order valence-electron chi connectivity index (χ2n) is 6.68. The Balaban J connectivity index is 2.26. The molecule has 7 nitrogen and oxygen atoms in total. The summed E-state index contributed by atoms with van der Waals surface area (Å²) in [6.45, 7) is 6.23. The Kier molecular flexibility index (Phi) is 7.23. The minimum atomic E-state index is -0.492. The third kappa shape index (κ3) is 5.13. The van der Waals surface area contributed by atoms with Gasteiger partial charge >= 0.3 is 0 Å². The summed E-state index contributed by atoms with van der Waals surface area (Å²) < 4.78 is 11.0. The lowest BCUT2D eigenvalue weighted by atomic mass is 10.1. The molecule has 0 heterocycles. The van der Waals surface area contributed by atoms with Crippen LogP contribution in [0.1, 0.15) is 36.2 Å². The summed E-state index contributed by atoms with van der Waals surface area (Å²) in [4.78, 5) is 23.2. The second-order valence-corrected chi connectivity index (χ2v) is 7.09. The minimum Gasteiger partial charge on any atom is -0.493 e. The van der Waals surface area contributed by atoms with Crippen LogP contribution in [0.4, 0.5) is 11.4 Å². The number of benzene rings is 2. The number of nitro groups is 1. The molecule has 0 aromatic heterocycles. The van der Waals surface area contributed by atoms with Crippen LogP contribution in [-0.4, -0.2) is 24.5 Å². The zero-order valence-electron chi connectivity index (χ0n) is 16.2. The standard InChI is InChI=1S/C20H23ClN2O5/c1-12(2)8-9-28-19-15(21)10-14(11-18(19)27-4)20(24)22-16-6-5-7-17(13(16)3)23(25)26/h5-7,10-12H,8-9H2,1-4H3,(H,22,24). The van der Waals surface area contributed by atoms with E-state index in [-0.39, 0.29) is 16.3 Å². The van der Waals surface area contributed by atoms with Crippen molar-refractivity contribution >= 4 is 28.9 Å². The molecule has 1 amide bonds. The molecule has 0 fully saturated rings. The molecule has 1 N–H and O–H groups in total. The Morgan fingerprint density at radius 1 is 1.32 bits per heavy atom. The van der Waals surface area contributed by atoms with Crippen LogP contribution in [-0.2, 0) is 0 Å². The number of amides is 1. The van der Waals surface area contributed by atoms with Gasteiger partial charge in [0, 0.05) is 11.6 Å². The van der Waals surface area contributed by atoms with Crippen LogP contribution >= 0.6 is 11.6 Å². The summed E-state index contributed by atoms with van der Waals surface area (Å²) in [6, 6.07) is 7.51. The summed E-state index contributed by atoms with van der Waals surface area (Å²) in [5, 5.41) is 14.0. The highest BCUT2D eigenvalue weighted by Gasteiger charge is 2.19. The molecule has 2 rings (SSSR count). The monoisotopic (exact) mass is 406 g/mol. The predicted octanol–water partition coefficient (Wildman–Crippen LogP) is 5.24. The molecule has 0 aliphatic carbocycles. The zero-order chi connectivity index (χ0) is 20.8. The number of anilines is 1. The first-order valence-electron chi connectivity index (χ1n) is 8.80. The molecule has 150 valence electrons. The van der Waals surface area contributed by atoms with Gasteiger partial charge in [-0.3, -0.25) is 14.9 Å². The van der Waals surface area contributed by atoms with E-state index in [4.69, 9.17) is 21.1 Å². The van der Waals surface area contributed by atoms with Crippen molar-refractivity contribution in [2.75, 3.05) is 19.0 Å². The summed E-state index contributed by atoms with van der Waals surface area (Å²) in [5.41, 5.74) is 0.908. The SMILES string of the molecule is COc1cc(C(=O)Nc2cccc([N+](=O)[O-])c2C)cc(Cl)c1OCCC(C)C. The van der Waals surface area contributed by atoms with Crippen LogP contribution in [0.3, 0.4) is 0 Å². The molecule has 0 saturated heterocycles. The maximum absolute atomic E-state index is 12.6. The van der Waals surface area contributed by atoms with Gasteiger partial charge in [-0.15, -0.1) is 0 Å². The highest BCUT2D eigenvalue weighted by atomic mass is 35.5. The normalized spacial score (nSPS) is 10.6. The van der Waals surface area contributed by atoms with E-state index in [0.717, 1.165) is 6.42 Å². The number of carbonyl (C=O) groups is 1. The molecule has 0 radical (unpaired) electrons. The van der Waals surface area contributed by atoms with E-state index in [0.29, 0.717) is 35.3 Å². The maximum Gasteiger partial charge on any atom is 0.274 e. The summed E-state index contributed by atoms with van der Waals surface area (Å²) in [7, 11) is 1.47. The van der Waals surface area contributed by atoms with Crippen LogP contribution in [0.25, 0.3) is 0 Å². The average Bonchev–Trinajstić information content (AvgIpc) is 2.63. The van der Waals surface area contributed by atoms with E-state index >= 15 is 0 Å². The van der Waals surface area contributed by atoms with Crippen LogP contribution in [0, 0.1) is 23.0 Å². The van der Waals surface area contributed by atoms with Crippen molar-refractivity contribution in [3.63, 3.8) is 0 Å². The third-order valence-corrected chi connectivity index (χ3v) is 4.46. The van der Waals surface area contributed by atoms with E-state index in [1.54, 1.807) is 13.0 Å². The van der Waals surface area contributed by atoms with Crippen molar-refractivity contribution in [2.45, 2.75) is 27.2 Å². The molecule has 0 aliphatic rings. The number of carbonyl (C=O) groups excluding carboxylic acids is 1. The first kappa shape index (κ1) is 21.5. The number of methoxy groups -OCH3 is 1. The van der Waals surface area contributed by atoms with E-state index in [2.05, 4.69) is 19.2 Å². The molecule has 0 atom stereocenters. The smallest absolute Gasteiger partial charge is 0.274 e. The molecule has 0 spiro atoms. The Morgan fingerprint density at radius 2 is 2.04 bits per heavy atom. The number of hydrogen-bond donors (Lipinski definition) is 1. The van der Waals surface area contributed by atoms with E-state index in [9.17, 15) is 14.9 Å². The molecular weight excluding hydrogens is 384 g/mol. The summed E-state index contributed by atoms with van der Waals surface area (Å²) >= 11 is 6.30. The molecule has 0 bridgehead atoms. The largest absolute Gasteiger partial charge is 0.493 e. The Bertz CT molecular complexity index is 883. The Hall–Kier alpha value is -2.80. The highest BCUT2D eigenvalue weighted by Crippen LogP contribution is 2.37. The summed E-state index contributed by atoms with van der Waals surface area (Å²) in [5.74, 6) is 0.746. The number of hydrogen-bond acceptors (Lipinski definition) is 5. The van der Waals surface area contributed by atoms with Gasteiger partial charge in [0.15, 0.2) is 11.5 Å². The number of nitrogens with one attached hydrogen (secondary N) is 1. The van der Waals surface area contributed by atoms with Crippen LogP contribution in [0.2, 0.25) is 5.02 Å². The number of halogens is 1.